The van der Waals surface area contributed by atoms with Gasteiger partial charge in [0, 0.05) is 0 Å². The topological polar surface area (TPSA) is 0 Å². The maximum atomic E-state index is 3.75. The van der Waals surface area contributed by atoms with E-state index in [2.05, 4.69) is 27.7 Å². The van der Waals surface area contributed by atoms with Crippen molar-refractivity contribution in [2.45, 2.75) is 40.0 Å². The summed E-state index contributed by atoms with van der Waals surface area (Å²) in [6.45, 7) is 10.4. The van der Waals surface area contributed by atoms with E-state index in [0.717, 1.165) is 5.92 Å². The molecule has 0 heteroatoms. The fourth-order valence-electron chi connectivity index (χ4n) is 1.12. The van der Waals surface area contributed by atoms with Crippen LogP contribution in [0.4, 0.5) is 0 Å². The molecule has 0 N–H and O–H groups in total. The van der Waals surface area contributed by atoms with Gasteiger partial charge >= 0.3 is 0 Å². The van der Waals surface area contributed by atoms with Crippen LogP contribution in [0.25, 0.3) is 0 Å². The lowest BCUT2D eigenvalue weighted by molar-refractivity contribution is 0.488. The van der Waals surface area contributed by atoms with Crippen molar-refractivity contribution in [3.63, 3.8) is 0 Å². The highest BCUT2D eigenvalue weighted by molar-refractivity contribution is 5.00. The van der Waals surface area contributed by atoms with E-state index >= 15 is 0 Å². The quantitative estimate of drug-likeness (QED) is 0.558. The van der Waals surface area contributed by atoms with Crippen LogP contribution in [0.15, 0.2) is 11.6 Å². The van der Waals surface area contributed by atoms with Crippen molar-refractivity contribution in [3.8, 4) is 0 Å². The molecule has 1 radical (unpaired) electrons. The Morgan fingerprint density at radius 3 is 2.20 bits per heavy atom. The van der Waals surface area contributed by atoms with Gasteiger partial charge in [-0.1, -0.05) is 38.3 Å². The van der Waals surface area contributed by atoms with Crippen molar-refractivity contribution in [2.24, 2.45) is 5.92 Å². The Balaban J connectivity index is 3.63. The summed E-state index contributed by atoms with van der Waals surface area (Å²) < 4.78 is 0. The van der Waals surface area contributed by atoms with Crippen LogP contribution in [-0.2, 0) is 0 Å². The van der Waals surface area contributed by atoms with Crippen LogP contribution >= 0.6 is 0 Å². The van der Waals surface area contributed by atoms with E-state index in [1.807, 2.05) is 6.08 Å². The minimum atomic E-state index is 0.873. The zero-order valence-electron chi connectivity index (χ0n) is 7.48. The Kier molecular flexibility index (Phi) is 5.38. The van der Waals surface area contributed by atoms with Gasteiger partial charge in [-0.3, -0.25) is 0 Å². The SMILES string of the molecule is [CH2]/C=C(\C)CC(CC)CC. The molecular formula is C10H19. The molecule has 0 spiro atoms. The number of allylic oxidation sites excluding steroid dienone is 2. The summed E-state index contributed by atoms with van der Waals surface area (Å²) in [5.74, 6) is 0.873. The standard InChI is InChI=1S/C10H19/c1-5-9(4)8-10(6-2)7-3/h5,10H,1,6-8H2,2-4H3/b9-5+. The molecule has 10 heavy (non-hydrogen) atoms. The molecule has 0 saturated heterocycles. The van der Waals surface area contributed by atoms with Gasteiger partial charge in [-0.15, -0.1) is 0 Å². The molecule has 0 atom stereocenters. The van der Waals surface area contributed by atoms with Gasteiger partial charge in [0.15, 0.2) is 0 Å². The summed E-state index contributed by atoms with van der Waals surface area (Å²) in [7, 11) is 0. The van der Waals surface area contributed by atoms with Crippen LogP contribution in [0.3, 0.4) is 0 Å². The summed E-state index contributed by atoms with van der Waals surface area (Å²) in [6.07, 6.45) is 5.79. The molecule has 0 amide bonds. The van der Waals surface area contributed by atoms with E-state index in [1.54, 1.807) is 0 Å². The average molecular weight is 139 g/mol. The van der Waals surface area contributed by atoms with E-state index in [1.165, 1.54) is 24.8 Å². The fourth-order valence-corrected chi connectivity index (χ4v) is 1.12. The van der Waals surface area contributed by atoms with Crippen LogP contribution in [0.5, 0.6) is 0 Å². The third-order valence-electron chi connectivity index (χ3n) is 2.11. The summed E-state index contributed by atoms with van der Waals surface area (Å²) in [5, 5.41) is 0. The zero-order chi connectivity index (χ0) is 7.98. The molecule has 0 saturated carbocycles. The van der Waals surface area contributed by atoms with Crippen molar-refractivity contribution in [1.29, 1.82) is 0 Å². The number of rotatable bonds is 4. The van der Waals surface area contributed by atoms with E-state index in [-0.39, 0.29) is 0 Å². The van der Waals surface area contributed by atoms with Gasteiger partial charge in [-0.2, -0.15) is 0 Å². The number of hydrogen-bond donors (Lipinski definition) is 0. The molecule has 59 valence electrons. The summed E-state index contributed by atoms with van der Waals surface area (Å²) in [5.41, 5.74) is 1.42. The second-order valence-corrected chi connectivity index (χ2v) is 2.94. The van der Waals surface area contributed by atoms with E-state index in [4.69, 9.17) is 0 Å². The largest absolute Gasteiger partial charge is 0.0853 e. The molecule has 0 nitrogen and oxygen atoms in total. The van der Waals surface area contributed by atoms with Crippen LogP contribution < -0.4 is 0 Å². The Morgan fingerprint density at radius 2 is 1.90 bits per heavy atom. The minimum Gasteiger partial charge on any atom is -0.0853 e. The second kappa shape index (κ2) is 5.52. The molecule has 0 unspecified atom stereocenters. The first kappa shape index (κ1) is 9.74. The van der Waals surface area contributed by atoms with E-state index in [9.17, 15) is 0 Å². The monoisotopic (exact) mass is 139 g/mol. The molecule has 0 heterocycles. The van der Waals surface area contributed by atoms with Gasteiger partial charge in [-0.25, -0.2) is 0 Å². The first-order chi connectivity index (χ1) is 4.74. The molecule has 0 aliphatic carbocycles. The van der Waals surface area contributed by atoms with Gasteiger partial charge in [-0.05, 0) is 26.2 Å². The molecule has 0 aliphatic heterocycles. The van der Waals surface area contributed by atoms with Crippen molar-refractivity contribution >= 4 is 0 Å². The predicted octanol–water partition coefficient (Wildman–Crippen LogP) is 3.59. The van der Waals surface area contributed by atoms with E-state index < -0.39 is 0 Å². The van der Waals surface area contributed by atoms with Crippen molar-refractivity contribution in [3.05, 3.63) is 18.6 Å². The van der Waals surface area contributed by atoms with Crippen LogP contribution in [0.2, 0.25) is 0 Å². The molecule has 0 aromatic heterocycles. The van der Waals surface area contributed by atoms with Gasteiger partial charge in [0.25, 0.3) is 0 Å². The maximum absolute atomic E-state index is 3.75. The van der Waals surface area contributed by atoms with Crippen molar-refractivity contribution in [2.75, 3.05) is 0 Å². The molecule has 0 aromatic rings. The van der Waals surface area contributed by atoms with Crippen LogP contribution in [-0.4, -0.2) is 0 Å². The lowest BCUT2D eigenvalue weighted by atomic mass is 9.95. The Labute approximate surface area is 65.3 Å². The highest BCUT2D eigenvalue weighted by Gasteiger charge is 2.02. The van der Waals surface area contributed by atoms with Gasteiger partial charge in [0.2, 0.25) is 0 Å². The third kappa shape index (κ3) is 3.71. The highest BCUT2D eigenvalue weighted by Crippen LogP contribution is 2.17. The number of hydrogen-bond acceptors (Lipinski definition) is 0. The average Bonchev–Trinajstić information content (AvgIpc) is 1.99. The van der Waals surface area contributed by atoms with Gasteiger partial charge in [0.1, 0.15) is 0 Å². The predicted molar refractivity (Wildman–Crippen MR) is 47.8 cm³/mol. The molecule has 0 bridgehead atoms. The summed E-state index contributed by atoms with van der Waals surface area (Å²) in [4.78, 5) is 0. The van der Waals surface area contributed by atoms with Gasteiger partial charge < -0.3 is 0 Å². The molecule has 0 rings (SSSR count). The molecule has 0 fully saturated rings. The fraction of sp³-hybridized carbons (Fsp3) is 0.700. The Bertz CT molecular complexity index is 96.6. The first-order valence-electron chi connectivity index (χ1n) is 4.19. The third-order valence-corrected chi connectivity index (χ3v) is 2.11. The Morgan fingerprint density at radius 1 is 1.40 bits per heavy atom. The van der Waals surface area contributed by atoms with Crippen molar-refractivity contribution in [1.82, 2.24) is 0 Å². The lowest BCUT2D eigenvalue weighted by Crippen LogP contribution is -1.96. The zero-order valence-corrected chi connectivity index (χ0v) is 7.48. The van der Waals surface area contributed by atoms with Gasteiger partial charge in [0.05, 0.1) is 0 Å². The molecule has 0 aliphatic rings. The minimum absolute atomic E-state index is 0.873. The van der Waals surface area contributed by atoms with Crippen molar-refractivity contribution < 1.29 is 0 Å². The smallest absolute Gasteiger partial charge is 0.0295 e. The second-order valence-electron chi connectivity index (χ2n) is 2.94. The molecular weight excluding hydrogens is 120 g/mol. The summed E-state index contributed by atoms with van der Waals surface area (Å²) >= 11 is 0. The lowest BCUT2D eigenvalue weighted by Gasteiger charge is -2.11. The molecule has 0 aromatic carbocycles. The van der Waals surface area contributed by atoms with E-state index in [0.29, 0.717) is 0 Å². The van der Waals surface area contributed by atoms with Crippen LogP contribution in [0, 0.1) is 12.8 Å². The van der Waals surface area contributed by atoms with Crippen LogP contribution in [0.1, 0.15) is 40.0 Å². The highest BCUT2D eigenvalue weighted by atomic mass is 14.1. The first-order valence-corrected chi connectivity index (χ1v) is 4.19. The summed E-state index contributed by atoms with van der Waals surface area (Å²) in [6, 6.07) is 0. The maximum Gasteiger partial charge on any atom is -0.0295 e. The Hall–Kier alpha value is -0.260. The normalized spacial score (nSPS) is 12.7.